The summed E-state index contributed by atoms with van der Waals surface area (Å²) in [5.41, 5.74) is 7.83. The maximum Gasteiger partial charge on any atom is 0.267 e. The Bertz CT molecular complexity index is 1970. The molecule has 1 atom stereocenters. The number of hydrogen-bond donors (Lipinski definition) is 2. The van der Waals surface area contributed by atoms with Crippen LogP contribution in [0.15, 0.2) is 83.4 Å². The predicted octanol–water partition coefficient (Wildman–Crippen LogP) is 3.36. The van der Waals surface area contributed by atoms with Crippen molar-refractivity contribution in [2.75, 3.05) is 5.73 Å². The molecule has 0 fully saturated rings. The Balaban J connectivity index is 1.48. The molecule has 0 saturated carbocycles. The van der Waals surface area contributed by atoms with E-state index < -0.39 is 11.9 Å². The first-order chi connectivity index (χ1) is 19.0. The van der Waals surface area contributed by atoms with Crippen molar-refractivity contribution in [3.05, 3.63) is 111 Å². The summed E-state index contributed by atoms with van der Waals surface area (Å²) in [4.78, 5) is 40.7. The van der Waals surface area contributed by atoms with Crippen LogP contribution >= 0.6 is 11.3 Å². The normalized spacial score (nSPS) is 11.7. The number of carbonyl (C=O) groups is 1. The Morgan fingerprint density at radius 3 is 2.69 bits per heavy atom. The third kappa shape index (κ3) is 4.39. The van der Waals surface area contributed by atoms with Gasteiger partial charge in [-0.05, 0) is 43.2 Å². The first kappa shape index (κ1) is 24.0. The van der Waals surface area contributed by atoms with Crippen LogP contribution in [0.3, 0.4) is 0 Å². The molecule has 0 radical (unpaired) electrons. The molecule has 0 spiro atoms. The van der Waals surface area contributed by atoms with Gasteiger partial charge in [-0.2, -0.15) is 0 Å². The maximum atomic E-state index is 14.1. The number of benzene rings is 2. The molecule has 0 aliphatic heterocycles. The molecular weight excluding hydrogens is 512 g/mol. The van der Waals surface area contributed by atoms with Gasteiger partial charge in [0.2, 0.25) is 0 Å². The summed E-state index contributed by atoms with van der Waals surface area (Å²) < 4.78 is 2.94. The predicted molar refractivity (Wildman–Crippen MR) is 149 cm³/mol. The van der Waals surface area contributed by atoms with Gasteiger partial charge < -0.3 is 11.1 Å². The van der Waals surface area contributed by atoms with Gasteiger partial charge >= 0.3 is 0 Å². The number of para-hydroxylation sites is 1. The first-order valence-electron chi connectivity index (χ1n) is 11.9. The molecule has 6 rings (SSSR count). The minimum Gasteiger partial charge on any atom is -0.381 e. The number of nitrogens with two attached hydrogens (primary N) is 1. The number of hydrogen-bond acceptors (Lipinski definition) is 8. The molecule has 11 heteroatoms. The number of carbonyl (C=O) groups excluding carboxylic acids is 1. The van der Waals surface area contributed by atoms with Crippen molar-refractivity contribution in [3.8, 4) is 17.5 Å². The van der Waals surface area contributed by atoms with Crippen LogP contribution in [-0.4, -0.2) is 35.0 Å². The van der Waals surface area contributed by atoms with Crippen molar-refractivity contribution in [1.82, 2.24) is 34.4 Å². The van der Waals surface area contributed by atoms with E-state index in [9.17, 15) is 9.59 Å². The van der Waals surface area contributed by atoms with E-state index in [1.807, 2.05) is 35.7 Å². The zero-order valence-corrected chi connectivity index (χ0v) is 21.4. The third-order valence-electron chi connectivity index (χ3n) is 6.06. The van der Waals surface area contributed by atoms with E-state index >= 15 is 0 Å². The number of fused-ring (bicyclic) bond motifs is 2. The highest BCUT2D eigenvalue weighted by Gasteiger charge is 2.24. The fraction of sp³-hybridized carbons (Fsp3) is 0.0714. The van der Waals surface area contributed by atoms with Crippen LogP contribution in [0.1, 0.15) is 39.7 Å². The van der Waals surface area contributed by atoms with Crippen LogP contribution in [0, 0.1) is 11.8 Å². The number of nitrogens with one attached hydrogen (secondary N) is 1. The minimum atomic E-state index is -0.682. The maximum absolute atomic E-state index is 14.1. The van der Waals surface area contributed by atoms with Gasteiger partial charge in [-0.25, -0.2) is 19.5 Å². The number of thiazole rings is 1. The van der Waals surface area contributed by atoms with Gasteiger partial charge in [-0.1, -0.05) is 30.2 Å². The number of anilines is 1. The lowest BCUT2D eigenvalue weighted by Gasteiger charge is -2.20. The molecule has 0 aliphatic carbocycles. The van der Waals surface area contributed by atoms with Crippen LogP contribution in [0.2, 0.25) is 0 Å². The summed E-state index contributed by atoms with van der Waals surface area (Å²) in [5.74, 6) is 6.01. The van der Waals surface area contributed by atoms with Crippen molar-refractivity contribution in [3.63, 3.8) is 0 Å². The summed E-state index contributed by atoms with van der Waals surface area (Å²) in [5, 5.41) is 9.96. The molecule has 0 saturated heterocycles. The van der Waals surface area contributed by atoms with Crippen molar-refractivity contribution in [2.45, 2.75) is 13.0 Å². The molecule has 10 nitrogen and oxygen atoms in total. The summed E-state index contributed by atoms with van der Waals surface area (Å²) in [6.07, 6.45) is 4.90. The van der Waals surface area contributed by atoms with E-state index in [0.29, 0.717) is 38.6 Å². The summed E-state index contributed by atoms with van der Waals surface area (Å²) in [7, 11) is 0. The van der Waals surface area contributed by atoms with E-state index in [-0.39, 0.29) is 16.9 Å². The van der Waals surface area contributed by atoms with Crippen LogP contribution < -0.4 is 16.6 Å². The van der Waals surface area contributed by atoms with E-state index in [1.165, 1.54) is 20.4 Å². The number of nitrogens with zero attached hydrogens (tertiary/aromatic N) is 6. The average molecular weight is 533 g/mol. The third-order valence-corrected chi connectivity index (χ3v) is 6.75. The number of aromatic nitrogens is 6. The van der Waals surface area contributed by atoms with Gasteiger partial charge in [0.1, 0.15) is 11.4 Å². The molecule has 2 aromatic carbocycles. The highest BCUT2D eigenvalue weighted by Crippen LogP contribution is 2.22. The van der Waals surface area contributed by atoms with E-state index in [4.69, 9.17) is 10.7 Å². The molecule has 0 bridgehead atoms. The summed E-state index contributed by atoms with van der Waals surface area (Å²) in [6, 6.07) is 15.5. The minimum absolute atomic E-state index is 0.0498. The second-order valence-corrected chi connectivity index (χ2v) is 9.47. The lowest BCUT2D eigenvalue weighted by molar-refractivity contribution is 0.0940. The number of rotatable bonds is 4. The Kier molecular flexibility index (Phi) is 6.07. The molecule has 4 aromatic heterocycles. The van der Waals surface area contributed by atoms with Crippen molar-refractivity contribution < 1.29 is 4.79 Å². The second kappa shape index (κ2) is 9.85. The lowest BCUT2D eigenvalue weighted by Crippen LogP contribution is -2.33. The molecule has 1 amide bonds. The monoisotopic (exact) mass is 532 g/mol. The molecule has 4 heterocycles. The molecular formula is C28H20N8O2S. The molecule has 0 aliphatic rings. The molecule has 3 N–H and O–H groups in total. The molecule has 190 valence electrons. The summed E-state index contributed by atoms with van der Waals surface area (Å²) >= 11 is 1.42. The van der Waals surface area contributed by atoms with Crippen LogP contribution in [0.5, 0.6) is 0 Å². The van der Waals surface area contributed by atoms with Crippen LogP contribution in [-0.2, 0) is 0 Å². The van der Waals surface area contributed by atoms with Gasteiger partial charge in [0, 0.05) is 29.5 Å². The summed E-state index contributed by atoms with van der Waals surface area (Å²) in [6.45, 7) is 1.76. The second-order valence-electron chi connectivity index (χ2n) is 8.58. The highest BCUT2D eigenvalue weighted by atomic mass is 32.1. The fourth-order valence-electron chi connectivity index (χ4n) is 4.33. The Morgan fingerprint density at radius 2 is 1.90 bits per heavy atom. The van der Waals surface area contributed by atoms with Gasteiger partial charge in [-0.15, -0.1) is 16.4 Å². The highest BCUT2D eigenvalue weighted by molar-refractivity contribution is 7.10. The first-order valence-corrected chi connectivity index (χ1v) is 12.8. The standard InChI is InChI=1S/C28H20N8O2S/c1-17(32-27(37)23-24(29)34-35-15-6-13-31-26(23)35)25-33-20-10-5-7-18(11-12-21-30-14-16-39-21)22(20)28(38)36(25)19-8-3-2-4-9-19/h2-10,13-17H,1H3,(H2,29,34)(H,32,37). The van der Waals surface area contributed by atoms with Crippen LogP contribution in [0.25, 0.3) is 22.2 Å². The smallest absolute Gasteiger partial charge is 0.267 e. The fourth-order valence-corrected chi connectivity index (χ4v) is 4.81. The molecule has 39 heavy (non-hydrogen) atoms. The quantitative estimate of drug-likeness (QED) is 0.333. The zero-order valence-electron chi connectivity index (χ0n) is 20.6. The van der Waals surface area contributed by atoms with Gasteiger partial charge in [-0.3, -0.25) is 14.2 Å². The largest absolute Gasteiger partial charge is 0.381 e. The Hall–Kier alpha value is -5.34. The Morgan fingerprint density at radius 1 is 1.05 bits per heavy atom. The van der Waals surface area contributed by atoms with Gasteiger partial charge in [0.05, 0.1) is 22.6 Å². The Labute approximate surface area is 225 Å². The van der Waals surface area contributed by atoms with E-state index in [2.05, 4.69) is 32.2 Å². The SMILES string of the molecule is CC(NC(=O)c1c(N)nn2cccnc12)c1nc2cccc(C#Cc3nccs3)c2c(=O)n1-c1ccccc1. The average Bonchev–Trinajstić information content (AvgIpc) is 3.59. The molecule has 6 aromatic rings. The van der Waals surface area contributed by atoms with E-state index in [1.54, 1.807) is 49.8 Å². The van der Waals surface area contributed by atoms with Crippen molar-refractivity contribution in [1.29, 1.82) is 0 Å². The topological polar surface area (TPSA) is 133 Å². The molecule has 1 unspecified atom stereocenters. The van der Waals surface area contributed by atoms with Gasteiger partial charge in [0.25, 0.3) is 11.5 Å². The zero-order chi connectivity index (χ0) is 26.9. The van der Waals surface area contributed by atoms with Gasteiger partial charge in [0.15, 0.2) is 16.5 Å². The van der Waals surface area contributed by atoms with Crippen molar-refractivity contribution in [2.24, 2.45) is 0 Å². The van der Waals surface area contributed by atoms with Crippen LogP contribution in [0.4, 0.5) is 5.82 Å². The number of amides is 1. The van der Waals surface area contributed by atoms with Crippen molar-refractivity contribution >= 4 is 39.6 Å². The van der Waals surface area contributed by atoms with E-state index in [0.717, 1.165) is 0 Å². The lowest BCUT2D eigenvalue weighted by atomic mass is 10.1. The number of nitrogen functional groups attached to an aromatic ring is 1.